The molecule has 2 rings (SSSR count). The van der Waals surface area contributed by atoms with Gasteiger partial charge in [0.2, 0.25) is 0 Å². The maximum Gasteiger partial charge on any atom is 0.347 e. The first-order valence-electron chi connectivity index (χ1n) is 5.14. The van der Waals surface area contributed by atoms with Gasteiger partial charge in [0, 0.05) is 5.75 Å². The predicted molar refractivity (Wildman–Crippen MR) is 69.8 cm³/mol. The van der Waals surface area contributed by atoms with Gasteiger partial charge in [-0.05, 0) is 24.6 Å². The van der Waals surface area contributed by atoms with Gasteiger partial charge in [-0.3, -0.25) is 0 Å². The third-order valence-corrected chi connectivity index (χ3v) is 4.58. The third-order valence-electron chi connectivity index (χ3n) is 2.22. The first-order chi connectivity index (χ1) is 8.56. The molecule has 1 N–H and O–H groups in total. The van der Waals surface area contributed by atoms with E-state index < -0.39 is 5.97 Å². The van der Waals surface area contributed by atoms with Gasteiger partial charge < -0.3 is 5.11 Å². The molecule has 2 aromatic rings. The van der Waals surface area contributed by atoms with Crippen molar-refractivity contribution < 1.29 is 14.3 Å². The predicted octanol–water partition coefficient (Wildman–Crippen LogP) is 3.58. The molecule has 0 aliphatic heterocycles. The fourth-order valence-electron chi connectivity index (χ4n) is 1.40. The number of nitrogens with zero attached hydrogens (tertiary/aromatic N) is 1. The van der Waals surface area contributed by atoms with E-state index in [9.17, 15) is 9.18 Å². The number of aryl methyl sites for hydroxylation is 1. The molecule has 94 valence electrons. The Hall–Kier alpha value is -1.40. The van der Waals surface area contributed by atoms with Gasteiger partial charge in [0.15, 0.2) is 4.34 Å². The second-order valence-corrected chi connectivity index (χ2v) is 5.84. The molecule has 3 nitrogen and oxygen atoms in total. The summed E-state index contributed by atoms with van der Waals surface area (Å²) in [4.78, 5) is 15.3. The zero-order valence-electron chi connectivity index (χ0n) is 9.51. The average molecular weight is 283 g/mol. The van der Waals surface area contributed by atoms with Gasteiger partial charge in [-0.1, -0.05) is 23.9 Å². The highest BCUT2D eigenvalue weighted by molar-refractivity contribution is 8.00. The first-order valence-corrected chi connectivity index (χ1v) is 6.94. The van der Waals surface area contributed by atoms with Crippen LogP contribution in [0.4, 0.5) is 4.39 Å². The monoisotopic (exact) mass is 283 g/mol. The standard InChI is InChI=1S/C12H10FNO2S2/c1-7-10(11(15)16)18-12(14-7)17-6-8-3-2-4-9(13)5-8/h2-5H,6H2,1H3,(H,15,16). The van der Waals surface area contributed by atoms with Crippen molar-refractivity contribution in [3.05, 3.63) is 46.2 Å². The van der Waals surface area contributed by atoms with E-state index in [1.165, 1.54) is 23.9 Å². The van der Waals surface area contributed by atoms with E-state index in [0.29, 0.717) is 15.8 Å². The Morgan fingerprint density at radius 1 is 1.56 bits per heavy atom. The fraction of sp³-hybridized carbons (Fsp3) is 0.167. The van der Waals surface area contributed by atoms with E-state index in [-0.39, 0.29) is 10.7 Å². The molecule has 0 aliphatic rings. The lowest BCUT2D eigenvalue weighted by molar-refractivity contribution is 0.0701. The zero-order chi connectivity index (χ0) is 13.1. The lowest BCUT2D eigenvalue weighted by Gasteiger charge is -1.98. The number of aromatic nitrogens is 1. The van der Waals surface area contributed by atoms with Crippen molar-refractivity contribution in [2.24, 2.45) is 0 Å². The molecule has 0 saturated carbocycles. The first kappa shape index (κ1) is 13.0. The molecule has 1 aromatic carbocycles. The van der Waals surface area contributed by atoms with E-state index >= 15 is 0 Å². The maximum absolute atomic E-state index is 13.0. The quantitative estimate of drug-likeness (QED) is 0.871. The molecule has 0 saturated heterocycles. The van der Waals surface area contributed by atoms with Gasteiger partial charge in [-0.15, -0.1) is 11.3 Å². The van der Waals surface area contributed by atoms with Crippen molar-refractivity contribution in [2.75, 3.05) is 0 Å². The summed E-state index contributed by atoms with van der Waals surface area (Å²) < 4.78 is 13.7. The van der Waals surface area contributed by atoms with Crippen LogP contribution in [-0.4, -0.2) is 16.1 Å². The minimum Gasteiger partial charge on any atom is -0.477 e. The van der Waals surface area contributed by atoms with Crippen LogP contribution < -0.4 is 0 Å². The van der Waals surface area contributed by atoms with Crippen molar-refractivity contribution >= 4 is 29.1 Å². The molecule has 0 spiro atoms. The summed E-state index contributed by atoms with van der Waals surface area (Å²) in [5.41, 5.74) is 1.37. The number of halogens is 1. The molecule has 6 heteroatoms. The number of rotatable bonds is 4. The van der Waals surface area contributed by atoms with Crippen LogP contribution in [0.25, 0.3) is 0 Å². The normalized spacial score (nSPS) is 10.6. The largest absolute Gasteiger partial charge is 0.477 e. The van der Waals surface area contributed by atoms with E-state index in [4.69, 9.17) is 5.11 Å². The molecule has 0 atom stereocenters. The summed E-state index contributed by atoms with van der Waals surface area (Å²) in [7, 11) is 0. The molecule has 1 aromatic heterocycles. The van der Waals surface area contributed by atoms with E-state index in [0.717, 1.165) is 16.9 Å². The van der Waals surface area contributed by atoms with Gasteiger partial charge in [0.1, 0.15) is 10.7 Å². The Morgan fingerprint density at radius 2 is 2.33 bits per heavy atom. The van der Waals surface area contributed by atoms with Crippen LogP contribution >= 0.6 is 23.1 Å². The number of carboxylic acids is 1. The van der Waals surface area contributed by atoms with Crippen molar-refractivity contribution in [1.82, 2.24) is 4.98 Å². The van der Waals surface area contributed by atoms with Crippen LogP contribution in [0.2, 0.25) is 0 Å². The van der Waals surface area contributed by atoms with Crippen LogP contribution in [0, 0.1) is 12.7 Å². The van der Waals surface area contributed by atoms with Gasteiger partial charge in [0.25, 0.3) is 0 Å². The Balaban J connectivity index is 2.06. The van der Waals surface area contributed by atoms with Crippen LogP contribution in [0.15, 0.2) is 28.6 Å². The van der Waals surface area contributed by atoms with Crippen molar-refractivity contribution in [2.45, 2.75) is 17.0 Å². The molecule has 0 fully saturated rings. The Bertz CT molecular complexity index is 583. The molecule has 0 radical (unpaired) electrons. The van der Waals surface area contributed by atoms with Crippen molar-refractivity contribution in [3.8, 4) is 0 Å². The number of hydrogen-bond acceptors (Lipinski definition) is 4. The number of benzene rings is 1. The van der Waals surface area contributed by atoms with Crippen LogP contribution in [0.5, 0.6) is 0 Å². The third kappa shape index (κ3) is 3.08. The average Bonchev–Trinajstić information content (AvgIpc) is 2.68. The lowest BCUT2D eigenvalue weighted by Crippen LogP contribution is -1.94. The molecular formula is C12H10FNO2S2. The lowest BCUT2D eigenvalue weighted by atomic mass is 10.2. The Labute approximate surface area is 112 Å². The summed E-state index contributed by atoms with van der Waals surface area (Å²) >= 11 is 2.56. The van der Waals surface area contributed by atoms with E-state index in [2.05, 4.69) is 4.98 Å². The summed E-state index contributed by atoms with van der Waals surface area (Å²) in [6.07, 6.45) is 0. The van der Waals surface area contributed by atoms with Gasteiger partial charge in [-0.25, -0.2) is 14.2 Å². The SMILES string of the molecule is Cc1nc(SCc2cccc(F)c2)sc1C(=O)O. The minimum atomic E-state index is -0.956. The highest BCUT2D eigenvalue weighted by Crippen LogP contribution is 2.29. The van der Waals surface area contributed by atoms with Crippen LogP contribution in [0.1, 0.15) is 20.9 Å². The molecule has 0 bridgehead atoms. The van der Waals surface area contributed by atoms with Gasteiger partial charge in [-0.2, -0.15) is 0 Å². The molecular weight excluding hydrogens is 273 g/mol. The van der Waals surface area contributed by atoms with Crippen LogP contribution in [-0.2, 0) is 5.75 Å². The Kier molecular flexibility index (Phi) is 3.98. The molecule has 1 heterocycles. The topological polar surface area (TPSA) is 50.2 Å². The zero-order valence-corrected chi connectivity index (χ0v) is 11.1. The fourth-order valence-corrected chi connectivity index (χ4v) is 3.38. The summed E-state index contributed by atoms with van der Waals surface area (Å²) in [6.45, 7) is 1.67. The second-order valence-electron chi connectivity index (χ2n) is 3.62. The molecule has 0 unspecified atom stereocenters. The van der Waals surface area contributed by atoms with Gasteiger partial charge in [0.05, 0.1) is 5.69 Å². The molecule has 0 amide bonds. The smallest absolute Gasteiger partial charge is 0.347 e. The highest BCUT2D eigenvalue weighted by Gasteiger charge is 2.14. The second kappa shape index (κ2) is 5.49. The number of carboxylic acid groups (broad SMARTS) is 1. The minimum absolute atomic E-state index is 0.261. The van der Waals surface area contributed by atoms with E-state index in [1.807, 2.05) is 6.07 Å². The number of thiazole rings is 1. The number of carbonyl (C=O) groups is 1. The highest BCUT2D eigenvalue weighted by atomic mass is 32.2. The summed E-state index contributed by atoms with van der Waals surface area (Å²) in [6, 6.07) is 6.34. The number of hydrogen-bond donors (Lipinski definition) is 1. The van der Waals surface area contributed by atoms with Gasteiger partial charge >= 0.3 is 5.97 Å². The molecule has 18 heavy (non-hydrogen) atoms. The van der Waals surface area contributed by atoms with Crippen LogP contribution in [0.3, 0.4) is 0 Å². The number of thioether (sulfide) groups is 1. The summed E-state index contributed by atoms with van der Waals surface area (Å²) in [5, 5.41) is 8.91. The maximum atomic E-state index is 13.0. The van der Waals surface area contributed by atoms with Crippen molar-refractivity contribution in [3.63, 3.8) is 0 Å². The number of aromatic carboxylic acids is 1. The molecule has 0 aliphatic carbocycles. The van der Waals surface area contributed by atoms with Crippen molar-refractivity contribution in [1.29, 1.82) is 0 Å². The summed E-state index contributed by atoms with van der Waals surface area (Å²) in [5.74, 6) is -0.652. The Morgan fingerprint density at radius 3 is 2.94 bits per heavy atom. The van der Waals surface area contributed by atoms with E-state index in [1.54, 1.807) is 13.0 Å².